The Kier molecular flexibility index (Phi) is 8.14. The second kappa shape index (κ2) is 11.7. The number of benzene rings is 3. The lowest BCUT2D eigenvalue weighted by molar-refractivity contribution is -0.113. The molecule has 1 amide bonds. The number of hydrogen-bond donors (Lipinski definition) is 0. The van der Waals surface area contributed by atoms with E-state index in [1.54, 1.807) is 4.90 Å². The number of carbonyl (C=O) groups is 1. The van der Waals surface area contributed by atoms with Gasteiger partial charge in [0.15, 0.2) is 4.32 Å². The summed E-state index contributed by atoms with van der Waals surface area (Å²) in [7, 11) is 0. The Balaban J connectivity index is 1.25. The number of rotatable bonds is 10. The van der Waals surface area contributed by atoms with E-state index < -0.39 is 0 Å². The fraction of sp³-hybridized carbons (Fsp3) is 0.154. The third-order valence-electron chi connectivity index (χ3n) is 4.70. The first-order valence-electron chi connectivity index (χ1n) is 10.5. The van der Waals surface area contributed by atoms with Crippen LogP contribution in [0, 0.1) is 0 Å². The number of nitrogens with zero attached hydrogens (tertiary/aromatic N) is 1. The van der Waals surface area contributed by atoms with Gasteiger partial charge in [-0.2, -0.15) is 0 Å². The smallest absolute Gasteiger partial charge is 0.270 e. The van der Waals surface area contributed by atoms with Gasteiger partial charge in [-0.15, -0.1) is 0 Å². The number of amides is 1. The molecule has 0 N–H and O–H groups in total. The van der Waals surface area contributed by atoms with Gasteiger partial charge in [0.25, 0.3) is 5.91 Å². The zero-order valence-electron chi connectivity index (χ0n) is 17.9. The third-order valence-corrected chi connectivity index (χ3v) is 6.00. The normalized spacial score (nSPS) is 14.7. The third kappa shape index (κ3) is 6.44. The van der Waals surface area contributed by atoms with Crippen LogP contribution in [0.1, 0.15) is 5.56 Å². The van der Waals surface area contributed by atoms with E-state index in [2.05, 4.69) is 0 Å². The molecule has 0 radical (unpaired) electrons. The first-order valence-corrected chi connectivity index (χ1v) is 11.7. The number of thioether (sulfide) groups is 1. The van der Waals surface area contributed by atoms with E-state index in [1.807, 2.05) is 91.0 Å². The van der Waals surface area contributed by atoms with Crippen molar-refractivity contribution in [3.8, 4) is 11.5 Å². The van der Waals surface area contributed by atoms with Crippen LogP contribution in [-0.4, -0.2) is 36.7 Å². The summed E-state index contributed by atoms with van der Waals surface area (Å²) in [6.45, 7) is 1.85. The molecule has 0 spiro atoms. The van der Waals surface area contributed by atoms with Gasteiger partial charge in [-0.25, -0.2) is 0 Å². The highest BCUT2D eigenvalue weighted by molar-refractivity contribution is 8.27. The summed E-state index contributed by atoms with van der Waals surface area (Å²) < 4.78 is 17.5. The minimum atomic E-state index is -0.117. The lowest BCUT2D eigenvalue weighted by Crippen LogP contribution is -2.27. The summed E-state index contributed by atoms with van der Waals surface area (Å²) in [6.07, 6.45) is 1.84. The van der Waals surface area contributed by atoms with E-state index in [4.69, 9.17) is 26.4 Å². The first kappa shape index (κ1) is 23.0. The summed E-state index contributed by atoms with van der Waals surface area (Å²) in [5.74, 6) is 1.43. The molecule has 0 bridgehead atoms. The van der Waals surface area contributed by atoms with Gasteiger partial charge in [-0.1, -0.05) is 72.5 Å². The van der Waals surface area contributed by atoms with E-state index in [9.17, 15) is 4.79 Å². The van der Waals surface area contributed by atoms with Crippen molar-refractivity contribution in [1.29, 1.82) is 0 Å². The number of carbonyl (C=O) groups excluding carboxylic acids is 1. The minimum absolute atomic E-state index is 0.117. The van der Waals surface area contributed by atoms with Gasteiger partial charge in [0.1, 0.15) is 24.7 Å². The van der Waals surface area contributed by atoms with Crippen LogP contribution in [0.2, 0.25) is 0 Å². The molecule has 0 atom stereocenters. The van der Waals surface area contributed by atoms with Crippen LogP contribution in [0.4, 0.5) is 5.69 Å². The molecule has 1 saturated heterocycles. The van der Waals surface area contributed by atoms with E-state index in [-0.39, 0.29) is 5.91 Å². The zero-order valence-corrected chi connectivity index (χ0v) is 19.5. The van der Waals surface area contributed by atoms with E-state index >= 15 is 0 Å². The number of thiocarbonyl (C=S) groups is 1. The molecule has 33 heavy (non-hydrogen) atoms. The Labute approximate surface area is 203 Å². The molecule has 0 aromatic heterocycles. The van der Waals surface area contributed by atoms with Crippen LogP contribution in [0.15, 0.2) is 89.8 Å². The summed E-state index contributed by atoms with van der Waals surface area (Å²) in [6, 6.07) is 26.7. The maximum atomic E-state index is 12.9. The Morgan fingerprint density at radius 3 is 2.15 bits per heavy atom. The average Bonchev–Trinajstić information content (AvgIpc) is 3.12. The van der Waals surface area contributed by atoms with Crippen molar-refractivity contribution < 1.29 is 19.0 Å². The molecule has 1 aliphatic rings. The largest absolute Gasteiger partial charge is 0.491 e. The van der Waals surface area contributed by atoms with Crippen molar-refractivity contribution in [2.45, 2.75) is 0 Å². The molecule has 3 aromatic carbocycles. The molecule has 5 nitrogen and oxygen atoms in total. The molecule has 0 unspecified atom stereocenters. The lowest BCUT2D eigenvalue weighted by Gasteiger charge is -2.13. The minimum Gasteiger partial charge on any atom is -0.491 e. The molecule has 0 aliphatic carbocycles. The predicted octanol–water partition coefficient (Wildman–Crippen LogP) is 5.57. The van der Waals surface area contributed by atoms with Gasteiger partial charge in [0, 0.05) is 0 Å². The molecule has 1 aliphatic heterocycles. The van der Waals surface area contributed by atoms with Crippen molar-refractivity contribution in [2.24, 2.45) is 0 Å². The van der Waals surface area contributed by atoms with Gasteiger partial charge in [0.05, 0.1) is 23.8 Å². The Morgan fingerprint density at radius 1 is 0.788 bits per heavy atom. The second-order valence-electron chi connectivity index (χ2n) is 7.05. The SMILES string of the molecule is O=C1/C(=C/c2cccc(OCCOCCOc3ccccc3)c2)SC(=S)N1c1ccccc1. The van der Waals surface area contributed by atoms with Crippen LogP contribution in [0.3, 0.4) is 0 Å². The van der Waals surface area contributed by atoms with Crippen molar-refractivity contribution in [3.05, 3.63) is 95.4 Å². The second-order valence-corrected chi connectivity index (χ2v) is 8.72. The standard InChI is InChI=1S/C26H23NO4S2/c28-25-24(33-26(32)27(25)21-9-3-1-4-10-21)19-20-8-7-13-23(18-20)31-17-15-29-14-16-30-22-11-5-2-6-12-22/h1-13,18-19H,14-17H2/b24-19-. The van der Waals surface area contributed by atoms with Crippen LogP contribution in [-0.2, 0) is 9.53 Å². The highest BCUT2D eigenvalue weighted by Crippen LogP contribution is 2.36. The van der Waals surface area contributed by atoms with Gasteiger partial charge >= 0.3 is 0 Å². The molecule has 4 rings (SSSR count). The van der Waals surface area contributed by atoms with Crippen LogP contribution in [0.5, 0.6) is 11.5 Å². The van der Waals surface area contributed by atoms with Gasteiger partial charge < -0.3 is 14.2 Å². The quantitative estimate of drug-likeness (QED) is 0.216. The lowest BCUT2D eigenvalue weighted by atomic mass is 10.2. The van der Waals surface area contributed by atoms with Crippen molar-refractivity contribution >= 4 is 46.0 Å². The number of para-hydroxylation sites is 2. The highest BCUT2D eigenvalue weighted by Gasteiger charge is 2.33. The Bertz CT molecular complexity index is 1120. The number of hydrogen-bond acceptors (Lipinski definition) is 6. The zero-order chi connectivity index (χ0) is 22.9. The predicted molar refractivity (Wildman–Crippen MR) is 137 cm³/mol. The molecular weight excluding hydrogens is 454 g/mol. The van der Waals surface area contributed by atoms with Crippen LogP contribution < -0.4 is 14.4 Å². The van der Waals surface area contributed by atoms with Gasteiger partial charge in [-0.05, 0) is 48.0 Å². The van der Waals surface area contributed by atoms with Crippen LogP contribution >= 0.6 is 24.0 Å². The van der Waals surface area contributed by atoms with Gasteiger partial charge in [-0.3, -0.25) is 9.69 Å². The summed E-state index contributed by atoms with van der Waals surface area (Å²) in [4.78, 5) is 15.0. The Hall–Kier alpha value is -3.13. The fourth-order valence-corrected chi connectivity index (χ4v) is 4.47. The molecule has 1 heterocycles. The molecule has 3 aromatic rings. The van der Waals surface area contributed by atoms with Gasteiger partial charge in [0.2, 0.25) is 0 Å². The van der Waals surface area contributed by atoms with Crippen molar-refractivity contribution in [1.82, 2.24) is 0 Å². The fourth-order valence-electron chi connectivity index (χ4n) is 3.17. The van der Waals surface area contributed by atoms with Crippen molar-refractivity contribution in [3.63, 3.8) is 0 Å². The summed E-state index contributed by atoms with van der Waals surface area (Å²) >= 11 is 6.73. The molecule has 168 valence electrons. The summed E-state index contributed by atoms with van der Waals surface area (Å²) in [5.41, 5.74) is 1.65. The Morgan fingerprint density at radius 2 is 1.42 bits per heavy atom. The maximum Gasteiger partial charge on any atom is 0.270 e. The molecule has 1 fully saturated rings. The maximum absolute atomic E-state index is 12.9. The van der Waals surface area contributed by atoms with E-state index in [0.29, 0.717) is 41.4 Å². The van der Waals surface area contributed by atoms with E-state index in [0.717, 1.165) is 17.0 Å². The molecule has 7 heteroatoms. The highest BCUT2D eigenvalue weighted by atomic mass is 32.2. The van der Waals surface area contributed by atoms with E-state index in [1.165, 1.54) is 11.8 Å². The van der Waals surface area contributed by atoms with Crippen molar-refractivity contribution in [2.75, 3.05) is 31.3 Å². The topological polar surface area (TPSA) is 48.0 Å². The number of ether oxygens (including phenoxy) is 3. The van der Waals surface area contributed by atoms with Crippen LogP contribution in [0.25, 0.3) is 6.08 Å². The molecular formula is C26H23NO4S2. The number of anilines is 1. The monoisotopic (exact) mass is 477 g/mol. The summed E-state index contributed by atoms with van der Waals surface area (Å²) in [5, 5.41) is 0. The average molecular weight is 478 g/mol. The first-order chi connectivity index (χ1) is 16.2. The molecule has 0 saturated carbocycles.